The molecule has 0 heterocycles. The molecule has 0 unspecified atom stereocenters. The van der Waals surface area contributed by atoms with Crippen LogP contribution >= 0.6 is 0 Å². The van der Waals surface area contributed by atoms with Crippen molar-refractivity contribution in [2.45, 2.75) is 19.9 Å². The van der Waals surface area contributed by atoms with Gasteiger partial charge in [0.15, 0.2) is 0 Å². The number of nitrogen functional groups attached to an aromatic ring is 1. The summed E-state index contributed by atoms with van der Waals surface area (Å²) in [6, 6.07) is 7.46. The molecule has 1 amide bonds. The topological polar surface area (TPSA) is 76.8 Å². The molecule has 0 aliphatic carbocycles. The fourth-order valence-electron chi connectivity index (χ4n) is 1.97. The zero-order chi connectivity index (χ0) is 15.7. The number of methoxy groups -OCH3 is 1. The number of hydrogen-bond acceptors (Lipinski definition) is 5. The van der Waals surface area contributed by atoms with E-state index in [0.29, 0.717) is 30.6 Å². The molecular weight excluding hydrogens is 270 g/mol. The SMILES string of the molecule is COCCN(CCOc1ccccc1C(=O)NN)C(C)C. The highest BCUT2D eigenvalue weighted by atomic mass is 16.5. The Morgan fingerprint density at radius 2 is 1.95 bits per heavy atom. The van der Waals surface area contributed by atoms with Gasteiger partial charge in [-0.2, -0.15) is 0 Å². The zero-order valence-electron chi connectivity index (χ0n) is 13.0. The lowest BCUT2D eigenvalue weighted by atomic mass is 10.2. The smallest absolute Gasteiger partial charge is 0.268 e. The standard InChI is InChI=1S/C15H25N3O3/c1-12(2)18(8-10-20-3)9-11-21-14-7-5-4-6-13(14)15(19)17-16/h4-7,12H,8-11,16H2,1-3H3,(H,17,19). The van der Waals surface area contributed by atoms with Crippen LogP contribution in [0.3, 0.4) is 0 Å². The van der Waals surface area contributed by atoms with Gasteiger partial charge in [0.25, 0.3) is 5.91 Å². The van der Waals surface area contributed by atoms with Crippen LogP contribution < -0.4 is 16.0 Å². The Kier molecular flexibility index (Phi) is 7.74. The number of hydrazine groups is 1. The first-order valence-corrected chi connectivity index (χ1v) is 7.06. The van der Waals surface area contributed by atoms with Crippen LogP contribution in [-0.2, 0) is 4.74 Å². The number of rotatable bonds is 9. The van der Waals surface area contributed by atoms with Gasteiger partial charge in [-0.05, 0) is 26.0 Å². The highest BCUT2D eigenvalue weighted by Gasteiger charge is 2.12. The van der Waals surface area contributed by atoms with Gasteiger partial charge in [0.2, 0.25) is 0 Å². The number of carbonyl (C=O) groups excluding carboxylic acids is 1. The normalized spacial score (nSPS) is 11.0. The van der Waals surface area contributed by atoms with Gasteiger partial charge in [-0.3, -0.25) is 15.1 Å². The van der Waals surface area contributed by atoms with E-state index < -0.39 is 0 Å². The van der Waals surface area contributed by atoms with Crippen LogP contribution in [0.1, 0.15) is 24.2 Å². The van der Waals surface area contributed by atoms with Crippen molar-refractivity contribution in [3.05, 3.63) is 29.8 Å². The summed E-state index contributed by atoms with van der Waals surface area (Å²) >= 11 is 0. The molecule has 0 spiro atoms. The minimum Gasteiger partial charge on any atom is -0.491 e. The van der Waals surface area contributed by atoms with E-state index in [0.717, 1.165) is 13.1 Å². The molecule has 1 aromatic rings. The molecule has 0 saturated carbocycles. The summed E-state index contributed by atoms with van der Waals surface area (Å²) in [6.07, 6.45) is 0. The largest absolute Gasteiger partial charge is 0.491 e. The molecule has 0 fully saturated rings. The van der Waals surface area contributed by atoms with Crippen LogP contribution in [0, 0.1) is 0 Å². The Balaban J connectivity index is 2.56. The maximum Gasteiger partial charge on any atom is 0.268 e. The molecule has 0 bridgehead atoms. The first-order valence-electron chi connectivity index (χ1n) is 7.06. The minimum absolute atomic E-state index is 0.356. The monoisotopic (exact) mass is 295 g/mol. The number of hydrogen-bond donors (Lipinski definition) is 2. The maximum absolute atomic E-state index is 11.6. The van der Waals surface area contributed by atoms with Crippen molar-refractivity contribution < 1.29 is 14.3 Å². The molecule has 0 aromatic heterocycles. The van der Waals surface area contributed by atoms with Crippen LogP contribution in [0.25, 0.3) is 0 Å². The van der Waals surface area contributed by atoms with Crippen LogP contribution in [0.2, 0.25) is 0 Å². The third-order valence-electron chi connectivity index (χ3n) is 3.21. The van der Waals surface area contributed by atoms with Crippen LogP contribution in [0.4, 0.5) is 0 Å². The molecule has 1 rings (SSSR count). The Labute approximate surface area is 126 Å². The number of nitrogens with two attached hydrogens (primary N) is 1. The number of carbonyl (C=O) groups is 1. The fraction of sp³-hybridized carbons (Fsp3) is 0.533. The summed E-state index contributed by atoms with van der Waals surface area (Å²) in [6.45, 7) is 7.06. The number of para-hydroxylation sites is 1. The molecule has 6 nitrogen and oxygen atoms in total. The number of nitrogens with one attached hydrogen (secondary N) is 1. The summed E-state index contributed by atoms with van der Waals surface area (Å²) in [4.78, 5) is 13.9. The lowest BCUT2D eigenvalue weighted by Crippen LogP contribution is -2.37. The average Bonchev–Trinajstić information content (AvgIpc) is 2.50. The lowest BCUT2D eigenvalue weighted by molar-refractivity contribution is 0.0945. The second-order valence-electron chi connectivity index (χ2n) is 4.94. The molecule has 0 saturated heterocycles. The van der Waals surface area contributed by atoms with E-state index in [2.05, 4.69) is 24.2 Å². The molecule has 6 heteroatoms. The summed E-state index contributed by atoms with van der Waals surface area (Å²) in [5, 5.41) is 0. The van der Waals surface area contributed by atoms with Crippen LogP contribution in [0.15, 0.2) is 24.3 Å². The van der Waals surface area contributed by atoms with E-state index >= 15 is 0 Å². The molecule has 1 aromatic carbocycles. The summed E-state index contributed by atoms with van der Waals surface area (Å²) in [5.41, 5.74) is 2.56. The summed E-state index contributed by atoms with van der Waals surface area (Å²) in [7, 11) is 1.69. The van der Waals surface area contributed by atoms with Gasteiger partial charge in [0.05, 0.1) is 12.2 Å². The minimum atomic E-state index is -0.356. The van der Waals surface area contributed by atoms with Crippen molar-refractivity contribution in [2.24, 2.45) is 5.84 Å². The van der Waals surface area contributed by atoms with Crippen molar-refractivity contribution in [1.29, 1.82) is 0 Å². The number of nitrogens with zero attached hydrogens (tertiary/aromatic N) is 1. The van der Waals surface area contributed by atoms with Crippen molar-refractivity contribution in [1.82, 2.24) is 10.3 Å². The zero-order valence-corrected chi connectivity index (χ0v) is 13.0. The Bertz CT molecular complexity index is 438. The lowest BCUT2D eigenvalue weighted by Gasteiger charge is -2.26. The summed E-state index contributed by atoms with van der Waals surface area (Å²) < 4.78 is 10.8. The van der Waals surface area contributed by atoms with Crippen molar-refractivity contribution in [3.63, 3.8) is 0 Å². The molecule has 0 aliphatic rings. The van der Waals surface area contributed by atoms with Gasteiger partial charge in [-0.15, -0.1) is 0 Å². The fourth-order valence-corrected chi connectivity index (χ4v) is 1.97. The van der Waals surface area contributed by atoms with Gasteiger partial charge in [0, 0.05) is 26.2 Å². The molecule has 0 radical (unpaired) electrons. The molecule has 21 heavy (non-hydrogen) atoms. The highest BCUT2D eigenvalue weighted by Crippen LogP contribution is 2.17. The average molecular weight is 295 g/mol. The quantitative estimate of drug-likeness (QED) is 0.404. The van der Waals surface area contributed by atoms with Crippen LogP contribution in [0.5, 0.6) is 5.75 Å². The van der Waals surface area contributed by atoms with E-state index in [1.165, 1.54) is 0 Å². The number of benzene rings is 1. The van der Waals surface area contributed by atoms with Gasteiger partial charge < -0.3 is 9.47 Å². The predicted molar refractivity (Wildman–Crippen MR) is 82.2 cm³/mol. The number of ether oxygens (including phenoxy) is 2. The second-order valence-corrected chi connectivity index (χ2v) is 4.94. The van der Waals surface area contributed by atoms with Gasteiger partial charge in [-0.1, -0.05) is 12.1 Å². The van der Waals surface area contributed by atoms with Crippen molar-refractivity contribution in [2.75, 3.05) is 33.4 Å². The highest BCUT2D eigenvalue weighted by molar-refractivity contribution is 5.96. The Morgan fingerprint density at radius 3 is 2.57 bits per heavy atom. The molecule has 0 aliphatic heterocycles. The molecule has 118 valence electrons. The van der Waals surface area contributed by atoms with Gasteiger partial charge >= 0.3 is 0 Å². The molecule has 0 atom stereocenters. The maximum atomic E-state index is 11.6. The first-order chi connectivity index (χ1) is 10.1. The van der Waals surface area contributed by atoms with Crippen LogP contribution in [-0.4, -0.2) is 50.3 Å². The van der Waals surface area contributed by atoms with E-state index in [4.69, 9.17) is 15.3 Å². The predicted octanol–water partition coefficient (Wildman–Crippen LogP) is 1.03. The number of amides is 1. The third-order valence-corrected chi connectivity index (χ3v) is 3.21. The first kappa shape index (κ1) is 17.4. The van der Waals surface area contributed by atoms with Gasteiger partial charge in [-0.25, -0.2) is 5.84 Å². The molecular formula is C15H25N3O3. The van der Waals surface area contributed by atoms with Crippen molar-refractivity contribution >= 4 is 5.91 Å². The Morgan fingerprint density at radius 1 is 1.29 bits per heavy atom. The second kappa shape index (κ2) is 9.33. The van der Waals surface area contributed by atoms with E-state index in [1.807, 2.05) is 6.07 Å². The Hall–Kier alpha value is -1.63. The summed E-state index contributed by atoms with van der Waals surface area (Å²) in [5.74, 6) is 5.35. The van der Waals surface area contributed by atoms with Crippen molar-refractivity contribution in [3.8, 4) is 5.75 Å². The van der Waals surface area contributed by atoms with E-state index in [-0.39, 0.29) is 5.91 Å². The van der Waals surface area contributed by atoms with E-state index in [1.54, 1.807) is 25.3 Å². The van der Waals surface area contributed by atoms with Gasteiger partial charge in [0.1, 0.15) is 12.4 Å². The molecule has 3 N–H and O–H groups in total. The van der Waals surface area contributed by atoms with E-state index in [9.17, 15) is 4.79 Å². The third kappa shape index (κ3) is 5.71.